The molecular formula is C13H17BrN2O. The summed E-state index contributed by atoms with van der Waals surface area (Å²) in [5.41, 5.74) is -0.170. The molecule has 0 spiro atoms. The summed E-state index contributed by atoms with van der Waals surface area (Å²) in [5.74, 6) is 0.745. The van der Waals surface area contributed by atoms with Gasteiger partial charge < -0.3 is 5.32 Å². The molecule has 1 aliphatic rings. The molecule has 1 fully saturated rings. The number of hydrogen-bond donors (Lipinski definition) is 1. The van der Waals surface area contributed by atoms with Crippen molar-refractivity contribution in [3.63, 3.8) is 0 Å². The van der Waals surface area contributed by atoms with Crippen LogP contribution in [0.3, 0.4) is 0 Å². The molecule has 2 rings (SSSR count). The zero-order chi connectivity index (χ0) is 12.3. The summed E-state index contributed by atoms with van der Waals surface area (Å²) in [7, 11) is 0. The number of carbonyl (C=O) groups excluding carboxylic acids is 1. The Balaban J connectivity index is 2.14. The highest BCUT2D eigenvalue weighted by atomic mass is 79.9. The SMILES string of the molecule is CCC1(C(=O)Nc2ncccc2Br)CCCC1. The molecular weight excluding hydrogens is 280 g/mol. The molecule has 1 aromatic heterocycles. The van der Waals surface area contributed by atoms with Crippen LogP contribution in [0.1, 0.15) is 39.0 Å². The van der Waals surface area contributed by atoms with E-state index in [-0.39, 0.29) is 11.3 Å². The number of pyridine rings is 1. The van der Waals surface area contributed by atoms with Gasteiger partial charge in [-0.3, -0.25) is 4.79 Å². The van der Waals surface area contributed by atoms with E-state index < -0.39 is 0 Å². The highest BCUT2D eigenvalue weighted by Crippen LogP contribution is 2.42. The van der Waals surface area contributed by atoms with Gasteiger partial charge in [0, 0.05) is 11.6 Å². The fourth-order valence-electron chi connectivity index (χ4n) is 2.51. The summed E-state index contributed by atoms with van der Waals surface area (Å²) in [6, 6.07) is 3.72. The third-order valence-corrected chi connectivity index (χ3v) is 4.35. The van der Waals surface area contributed by atoms with Gasteiger partial charge in [-0.15, -0.1) is 0 Å². The summed E-state index contributed by atoms with van der Waals surface area (Å²) in [6.07, 6.45) is 6.91. The van der Waals surface area contributed by atoms with E-state index in [4.69, 9.17) is 0 Å². The fourth-order valence-corrected chi connectivity index (χ4v) is 2.86. The van der Waals surface area contributed by atoms with Crippen molar-refractivity contribution < 1.29 is 4.79 Å². The van der Waals surface area contributed by atoms with Crippen LogP contribution in [-0.4, -0.2) is 10.9 Å². The van der Waals surface area contributed by atoms with Gasteiger partial charge in [0.2, 0.25) is 5.91 Å². The Morgan fingerprint density at radius 2 is 2.24 bits per heavy atom. The van der Waals surface area contributed by atoms with E-state index in [2.05, 4.69) is 33.2 Å². The Kier molecular flexibility index (Phi) is 3.82. The minimum absolute atomic E-state index is 0.122. The molecule has 0 aliphatic heterocycles. The zero-order valence-corrected chi connectivity index (χ0v) is 11.6. The molecule has 0 bridgehead atoms. The number of halogens is 1. The molecule has 1 heterocycles. The standard InChI is InChI=1S/C13H17BrN2O/c1-2-13(7-3-4-8-13)12(17)16-11-10(14)6-5-9-15-11/h5-6,9H,2-4,7-8H2,1H3,(H,15,16,17). The van der Waals surface area contributed by atoms with Gasteiger partial charge >= 0.3 is 0 Å². The predicted octanol–water partition coefficient (Wildman–Crippen LogP) is 3.75. The van der Waals surface area contributed by atoms with Crippen LogP contribution in [-0.2, 0) is 4.79 Å². The molecule has 3 nitrogen and oxygen atoms in total. The van der Waals surface area contributed by atoms with Gasteiger partial charge in [-0.05, 0) is 47.3 Å². The van der Waals surface area contributed by atoms with Gasteiger partial charge in [0.15, 0.2) is 0 Å². The Bertz CT molecular complexity index is 414. The Morgan fingerprint density at radius 3 is 2.82 bits per heavy atom. The van der Waals surface area contributed by atoms with Crippen molar-refractivity contribution >= 4 is 27.7 Å². The van der Waals surface area contributed by atoms with Crippen LogP contribution in [0.15, 0.2) is 22.8 Å². The van der Waals surface area contributed by atoms with E-state index in [0.717, 1.165) is 36.6 Å². The van der Waals surface area contributed by atoms with Crippen LogP contribution < -0.4 is 5.32 Å². The van der Waals surface area contributed by atoms with E-state index in [1.54, 1.807) is 6.20 Å². The Hall–Kier alpha value is -0.900. The van der Waals surface area contributed by atoms with Crippen molar-refractivity contribution in [1.29, 1.82) is 0 Å². The van der Waals surface area contributed by atoms with E-state index in [1.165, 1.54) is 0 Å². The molecule has 17 heavy (non-hydrogen) atoms. The number of aromatic nitrogens is 1. The molecule has 92 valence electrons. The van der Waals surface area contributed by atoms with Crippen molar-refractivity contribution in [2.75, 3.05) is 5.32 Å². The first-order valence-corrected chi connectivity index (χ1v) is 6.89. The smallest absolute Gasteiger partial charge is 0.231 e. The van der Waals surface area contributed by atoms with Crippen LogP contribution >= 0.6 is 15.9 Å². The van der Waals surface area contributed by atoms with Gasteiger partial charge in [-0.2, -0.15) is 0 Å². The number of nitrogens with zero attached hydrogens (tertiary/aromatic N) is 1. The maximum atomic E-state index is 12.3. The number of hydrogen-bond acceptors (Lipinski definition) is 2. The summed E-state index contributed by atoms with van der Waals surface area (Å²) in [4.78, 5) is 16.5. The fraction of sp³-hybridized carbons (Fsp3) is 0.538. The second-order valence-corrected chi connectivity index (χ2v) is 5.48. The molecule has 1 aromatic rings. The molecule has 1 amide bonds. The van der Waals surface area contributed by atoms with Gasteiger partial charge in [0.25, 0.3) is 0 Å². The zero-order valence-electron chi connectivity index (χ0n) is 10.0. The lowest BCUT2D eigenvalue weighted by atomic mass is 9.82. The van der Waals surface area contributed by atoms with Crippen molar-refractivity contribution in [1.82, 2.24) is 4.98 Å². The van der Waals surface area contributed by atoms with Gasteiger partial charge in [-0.1, -0.05) is 19.8 Å². The summed E-state index contributed by atoms with van der Waals surface area (Å²) < 4.78 is 0.831. The summed E-state index contributed by atoms with van der Waals surface area (Å²) in [6.45, 7) is 2.10. The molecule has 1 saturated carbocycles. The highest BCUT2D eigenvalue weighted by Gasteiger charge is 2.39. The third-order valence-electron chi connectivity index (χ3n) is 3.71. The molecule has 0 aromatic carbocycles. The maximum Gasteiger partial charge on any atom is 0.231 e. The van der Waals surface area contributed by atoms with E-state index in [9.17, 15) is 4.79 Å². The van der Waals surface area contributed by atoms with Crippen molar-refractivity contribution in [2.45, 2.75) is 39.0 Å². The maximum absolute atomic E-state index is 12.3. The number of amides is 1. The Morgan fingerprint density at radius 1 is 1.53 bits per heavy atom. The second kappa shape index (κ2) is 5.17. The minimum atomic E-state index is -0.170. The topological polar surface area (TPSA) is 42.0 Å². The Labute approximate surface area is 110 Å². The predicted molar refractivity (Wildman–Crippen MR) is 71.8 cm³/mol. The lowest BCUT2D eigenvalue weighted by Crippen LogP contribution is -2.33. The van der Waals surface area contributed by atoms with Crippen LogP contribution in [0.2, 0.25) is 0 Å². The molecule has 0 unspecified atom stereocenters. The number of anilines is 1. The third kappa shape index (κ3) is 2.51. The molecule has 4 heteroatoms. The first-order valence-electron chi connectivity index (χ1n) is 6.10. The van der Waals surface area contributed by atoms with Crippen molar-refractivity contribution in [3.05, 3.63) is 22.8 Å². The average molecular weight is 297 g/mol. The van der Waals surface area contributed by atoms with Gasteiger partial charge in [-0.25, -0.2) is 4.98 Å². The first-order chi connectivity index (χ1) is 8.18. The van der Waals surface area contributed by atoms with Crippen LogP contribution in [0.5, 0.6) is 0 Å². The lowest BCUT2D eigenvalue weighted by Gasteiger charge is -2.25. The second-order valence-electron chi connectivity index (χ2n) is 4.63. The minimum Gasteiger partial charge on any atom is -0.309 e. The van der Waals surface area contributed by atoms with E-state index >= 15 is 0 Å². The largest absolute Gasteiger partial charge is 0.309 e. The summed E-state index contributed by atoms with van der Waals surface area (Å²) in [5, 5.41) is 2.95. The van der Waals surface area contributed by atoms with Crippen LogP contribution in [0, 0.1) is 5.41 Å². The highest BCUT2D eigenvalue weighted by molar-refractivity contribution is 9.10. The number of nitrogens with one attached hydrogen (secondary N) is 1. The van der Waals surface area contributed by atoms with Crippen molar-refractivity contribution in [2.24, 2.45) is 5.41 Å². The quantitative estimate of drug-likeness (QED) is 0.923. The van der Waals surface area contributed by atoms with Crippen molar-refractivity contribution in [3.8, 4) is 0 Å². The molecule has 1 aliphatic carbocycles. The van der Waals surface area contributed by atoms with Gasteiger partial charge in [0.1, 0.15) is 5.82 Å². The molecule has 0 radical (unpaired) electrons. The number of carbonyl (C=O) groups is 1. The van der Waals surface area contributed by atoms with E-state index in [1.807, 2.05) is 12.1 Å². The monoisotopic (exact) mass is 296 g/mol. The number of rotatable bonds is 3. The van der Waals surface area contributed by atoms with Crippen LogP contribution in [0.25, 0.3) is 0 Å². The van der Waals surface area contributed by atoms with Gasteiger partial charge in [0.05, 0.1) is 4.47 Å². The lowest BCUT2D eigenvalue weighted by molar-refractivity contribution is -0.125. The molecule has 0 atom stereocenters. The summed E-state index contributed by atoms with van der Waals surface area (Å²) >= 11 is 3.40. The molecule has 1 N–H and O–H groups in total. The normalized spacial score (nSPS) is 18.0. The van der Waals surface area contributed by atoms with Crippen LogP contribution in [0.4, 0.5) is 5.82 Å². The molecule has 0 saturated heterocycles. The first kappa shape index (κ1) is 12.6. The average Bonchev–Trinajstić information content (AvgIpc) is 2.82. The van der Waals surface area contributed by atoms with E-state index in [0.29, 0.717) is 5.82 Å².